The van der Waals surface area contributed by atoms with E-state index in [0.29, 0.717) is 41.1 Å². The topological polar surface area (TPSA) is 103 Å². The van der Waals surface area contributed by atoms with E-state index < -0.39 is 23.9 Å². The Hall–Kier alpha value is -2.92. The van der Waals surface area contributed by atoms with Crippen molar-refractivity contribution in [3.8, 4) is 34.5 Å². The summed E-state index contributed by atoms with van der Waals surface area (Å²) < 4.78 is 52.2. The second-order valence-corrected chi connectivity index (χ2v) is 9.08. The van der Waals surface area contributed by atoms with Gasteiger partial charge < -0.3 is 47.7 Å². The summed E-state index contributed by atoms with van der Waals surface area (Å²) in [7, 11) is 6.28. The number of methoxy groups -OCH3 is 4. The lowest BCUT2D eigenvalue weighted by Crippen LogP contribution is -2.47. The lowest BCUT2D eigenvalue weighted by molar-refractivity contribution is -0.153. The van der Waals surface area contributed by atoms with Crippen LogP contribution in [0.5, 0.6) is 34.5 Å². The van der Waals surface area contributed by atoms with Gasteiger partial charge in [-0.25, -0.2) is 0 Å². The summed E-state index contributed by atoms with van der Waals surface area (Å²) in [6, 6.07) is 8.92. The van der Waals surface area contributed by atoms with Crippen LogP contribution >= 0.6 is 0 Å². The van der Waals surface area contributed by atoms with E-state index in [1.54, 1.807) is 38.5 Å². The van der Waals surface area contributed by atoms with Crippen LogP contribution in [0.15, 0.2) is 30.3 Å². The molecule has 0 spiro atoms. The predicted octanol–water partition coefficient (Wildman–Crippen LogP) is 2.74. The zero-order valence-corrected chi connectivity index (χ0v) is 21.0. The van der Waals surface area contributed by atoms with E-state index in [-0.39, 0.29) is 25.4 Å². The van der Waals surface area contributed by atoms with Crippen molar-refractivity contribution >= 4 is 0 Å². The third-order valence-electron chi connectivity index (χ3n) is 6.99. The summed E-state index contributed by atoms with van der Waals surface area (Å²) in [5, 5.41) is 11.7. The van der Waals surface area contributed by atoms with Crippen molar-refractivity contribution in [1.29, 1.82) is 0 Å². The van der Waals surface area contributed by atoms with Gasteiger partial charge >= 0.3 is 0 Å². The van der Waals surface area contributed by atoms with Crippen LogP contribution in [0.2, 0.25) is 0 Å². The first-order valence-electron chi connectivity index (χ1n) is 11.8. The first-order valence-corrected chi connectivity index (χ1v) is 11.8. The van der Waals surface area contributed by atoms with Gasteiger partial charge in [0.25, 0.3) is 0 Å². The molecule has 0 amide bonds. The maximum Gasteiger partial charge on any atom is 0.232 e. The fourth-order valence-corrected chi connectivity index (χ4v) is 5.01. The number of hydrogen-bond acceptors (Lipinski definition) is 10. The first kappa shape index (κ1) is 24.8. The maximum absolute atomic E-state index is 11.7. The van der Waals surface area contributed by atoms with Crippen molar-refractivity contribution < 1.29 is 47.7 Å². The van der Waals surface area contributed by atoms with E-state index in [4.69, 9.17) is 42.6 Å². The number of fused-ring (bicyclic) bond motifs is 2. The molecule has 0 saturated carbocycles. The largest absolute Gasteiger partial charge is 0.496 e. The monoisotopic (exact) mass is 504 g/mol. The first-order chi connectivity index (χ1) is 17.4. The van der Waals surface area contributed by atoms with E-state index in [2.05, 4.69) is 0 Å². The number of para-hydroxylation sites is 1. The van der Waals surface area contributed by atoms with E-state index in [0.717, 1.165) is 5.56 Å². The van der Waals surface area contributed by atoms with Gasteiger partial charge in [0.05, 0.1) is 53.2 Å². The molecular weight excluding hydrogens is 472 g/mol. The van der Waals surface area contributed by atoms with Crippen molar-refractivity contribution in [1.82, 2.24) is 0 Å². The molecule has 10 heteroatoms. The van der Waals surface area contributed by atoms with E-state index in [9.17, 15) is 5.11 Å². The molecule has 36 heavy (non-hydrogen) atoms. The summed E-state index contributed by atoms with van der Waals surface area (Å²) in [4.78, 5) is 0. The molecule has 2 saturated heterocycles. The molecule has 0 aromatic heterocycles. The van der Waals surface area contributed by atoms with Crippen molar-refractivity contribution in [3.05, 3.63) is 35.9 Å². The zero-order valence-electron chi connectivity index (χ0n) is 21.0. The van der Waals surface area contributed by atoms with Gasteiger partial charge in [0, 0.05) is 18.7 Å². The maximum atomic E-state index is 11.7. The number of benzene rings is 2. The summed E-state index contributed by atoms with van der Waals surface area (Å²) in [6.07, 6.45) is -1.96. The zero-order chi connectivity index (χ0) is 25.4. The third-order valence-corrected chi connectivity index (χ3v) is 6.99. The van der Waals surface area contributed by atoms with E-state index >= 15 is 0 Å². The highest BCUT2D eigenvalue weighted by Gasteiger charge is 2.61. The second kappa shape index (κ2) is 9.85. The minimum absolute atomic E-state index is 0.00535. The molecule has 10 nitrogen and oxygen atoms in total. The van der Waals surface area contributed by atoms with Crippen LogP contribution in [0, 0.1) is 5.92 Å². The summed E-state index contributed by atoms with van der Waals surface area (Å²) >= 11 is 0. The van der Waals surface area contributed by atoms with E-state index in [1.807, 2.05) is 13.0 Å². The summed E-state index contributed by atoms with van der Waals surface area (Å²) in [5.41, 5.74) is -0.687. The molecule has 0 aliphatic carbocycles. The quantitative estimate of drug-likeness (QED) is 0.577. The van der Waals surface area contributed by atoms with Crippen LogP contribution in [0.4, 0.5) is 0 Å². The lowest BCUT2D eigenvalue weighted by Gasteiger charge is -2.33. The number of rotatable bonds is 8. The molecule has 3 aliphatic rings. The molecule has 196 valence electrons. The third kappa shape index (κ3) is 4.07. The summed E-state index contributed by atoms with van der Waals surface area (Å²) in [6.45, 7) is 2.54. The molecule has 2 fully saturated rings. The number of ether oxygens (including phenoxy) is 9. The van der Waals surface area contributed by atoms with Crippen LogP contribution in [0.1, 0.15) is 18.6 Å². The van der Waals surface area contributed by atoms with Gasteiger partial charge in [-0.2, -0.15) is 0 Å². The van der Waals surface area contributed by atoms with Gasteiger partial charge in [-0.15, -0.1) is 0 Å². The highest BCUT2D eigenvalue weighted by atomic mass is 16.7. The molecular formula is C26H32O10. The highest BCUT2D eigenvalue weighted by Crippen LogP contribution is 2.53. The Morgan fingerprint density at radius 3 is 2.31 bits per heavy atom. The van der Waals surface area contributed by atoms with Crippen molar-refractivity contribution in [2.45, 2.75) is 37.1 Å². The molecule has 3 aliphatic heterocycles. The van der Waals surface area contributed by atoms with Gasteiger partial charge in [-0.3, -0.25) is 0 Å². The molecule has 1 N–H and O–H groups in total. The SMILES string of the molecule is COC[C@H]1Oc2cc([C@H]3OC[C@@]4(O)[C@@H](Oc5c(OC)cccc5OC)OC[C@@H]34)c(OC)cc2O[C@@H]1C. The molecule has 0 bridgehead atoms. The van der Waals surface area contributed by atoms with Crippen molar-refractivity contribution in [2.24, 2.45) is 5.92 Å². The Bertz CT molecular complexity index is 1070. The smallest absolute Gasteiger partial charge is 0.232 e. The molecule has 2 aromatic carbocycles. The predicted molar refractivity (Wildman–Crippen MR) is 126 cm³/mol. The Labute approximate surface area is 209 Å². The second-order valence-electron chi connectivity index (χ2n) is 9.08. The summed E-state index contributed by atoms with van der Waals surface area (Å²) in [5.74, 6) is 2.57. The fourth-order valence-electron chi connectivity index (χ4n) is 5.01. The standard InChI is InChI=1S/C26H32O10/c1-14-22(12-28-2)35-20-9-15(19(31-5)10-21(20)34-14)23-16-11-32-25(26(16,27)13-33-23)36-24-17(29-3)7-6-8-18(24)30-4/h6-10,14,16,22-23,25,27H,11-13H2,1-5H3/t14-,16+,22-,23-,25-,26+/m1/s1. The molecule has 0 unspecified atom stereocenters. The minimum Gasteiger partial charge on any atom is -0.496 e. The molecule has 6 atom stereocenters. The molecule has 2 aromatic rings. The van der Waals surface area contributed by atoms with Crippen LogP contribution in [0.3, 0.4) is 0 Å². The van der Waals surface area contributed by atoms with Gasteiger partial charge in [-0.1, -0.05) is 6.07 Å². The van der Waals surface area contributed by atoms with Crippen LogP contribution in [0.25, 0.3) is 0 Å². The number of hydrogen-bond donors (Lipinski definition) is 1. The average Bonchev–Trinajstić information content (AvgIpc) is 3.38. The molecule has 3 heterocycles. The van der Waals surface area contributed by atoms with E-state index in [1.165, 1.54) is 14.2 Å². The Morgan fingerprint density at radius 2 is 1.64 bits per heavy atom. The van der Waals surface area contributed by atoms with Gasteiger partial charge in [0.2, 0.25) is 12.0 Å². The van der Waals surface area contributed by atoms with Gasteiger partial charge in [0.1, 0.15) is 11.9 Å². The van der Waals surface area contributed by atoms with Gasteiger partial charge in [0.15, 0.2) is 34.7 Å². The Morgan fingerprint density at radius 1 is 0.944 bits per heavy atom. The normalized spacial score (nSPS) is 30.6. The van der Waals surface area contributed by atoms with Crippen LogP contribution in [-0.4, -0.2) is 77.5 Å². The van der Waals surface area contributed by atoms with Crippen molar-refractivity contribution in [3.63, 3.8) is 0 Å². The lowest BCUT2D eigenvalue weighted by atomic mass is 9.85. The molecule has 5 rings (SSSR count). The highest BCUT2D eigenvalue weighted by molar-refractivity contribution is 5.53. The Kier molecular flexibility index (Phi) is 6.78. The fraction of sp³-hybridized carbons (Fsp3) is 0.538. The van der Waals surface area contributed by atoms with Crippen LogP contribution < -0.4 is 28.4 Å². The minimum atomic E-state index is -1.41. The Balaban J connectivity index is 1.42. The number of aliphatic hydroxyl groups is 1. The molecule has 0 radical (unpaired) electrons. The van der Waals surface area contributed by atoms with Gasteiger partial charge in [-0.05, 0) is 25.1 Å². The average molecular weight is 505 g/mol. The van der Waals surface area contributed by atoms with Crippen molar-refractivity contribution in [2.75, 3.05) is 48.3 Å². The van der Waals surface area contributed by atoms with Crippen LogP contribution in [-0.2, 0) is 14.2 Å².